The fourth-order valence-corrected chi connectivity index (χ4v) is 4.69. The SMILES string of the molecule is CNC(=O)c1ccccc1Sc1ccc2c(C#Cc3ccc(NC(=O)NCCOCCOCCOC)cn3)n[nH]c2c1. The largest absolute Gasteiger partial charge is 0.382 e. The third-order valence-corrected chi connectivity index (χ3v) is 6.85. The second kappa shape index (κ2) is 16.1. The van der Waals surface area contributed by atoms with Gasteiger partial charge < -0.3 is 30.2 Å². The van der Waals surface area contributed by atoms with Crippen LogP contribution in [0.15, 0.2) is 70.6 Å². The van der Waals surface area contributed by atoms with Gasteiger partial charge in [0.05, 0.1) is 56.0 Å². The van der Waals surface area contributed by atoms with Gasteiger partial charge in [0.15, 0.2) is 0 Å². The Bertz CT molecular complexity index is 1550. The molecule has 3 amide bonds. The summed E-state index contributed by atoms with van der Waals surface area (Å²) in [5.41, 5.74) is 3.13. The van der Waals surface area contributed by atoms with Gasteiger partial charge in [-0.15, -0.1) is 0 Å². The van der Waals surface area contributed by atoms with E-state index < -0.39 is 0 Å². The molecule has 0 unspecified atom stereocenters. The monoisotopic (exact) mass is 588 g/mol. The van der Waals surface area contributed by atoms with Crippen molar-refractivity contribution in [2.75, 3.05) is 59.1 Å². The van der Waals surface area contributed by atoms with E-state index in [1.54, 1.807) is 38.6 Å². The fraction of sp³-hybridized carbons (Fsp3) is 0.267. The number of hydrogen-bond donors (Lipinski definition) is 4. The van der Waals surface area contributed by atoms with Crippen LogP contribution in [0.3, 0.4) is 0 Å². The zero-order chi connectivity index (χ0) is 29.6. The Morgan fingerprint density at radius 1 is 0.976 bits per heavy atom. The van der Waals surface area contributed by atoms with E-state index in [0.717, 1.165) is 20.7 Å². The molecular formula is C30H32N6O5S. The Morgan fingerprint density at radius 2 is 1.79 bits per heavy atom. The second-order valence-electron chi connectivity index (χ2n) is 8.74. The number of carbonyl (C=O) groups is 2. The van der Waals surface area contributed by atoms with Crippen LogP contribution in [0.1, 0.15) is 21.7 Å². The predicted molar refractivity (Wildman–Crippen MR) is 161 cm³/mol. The molecule has 11 nitrogen and oxygen atoms in total. The maximum absolute atomic E-state index is 12.2. The standard InChI is InChI=1S/C30H32N6O5S/c1-31-29(37)25-5-3-4-6-28(25)42-23-10-11-24-26(35-36-27(24)19-23)12-9-21-7-8-22(20-33-21)34-30(38)32-13-14-40-17-18-41-16-15-39-2/h3-8,10-11,19-20H,13-18H2,1-2H3,(H,31,37)(H,35,36)(H2,32,34,38). The zero-order valence-corrected chi connectivity index (χ0v) is 24.2. The lowest BCUT2D eigenvalue weighted by molar-refractivity contribution is 0.0260. The Kier molecular flexibility index (Phi) is 11.7. The normalized spacial score (nSPS) is 10.6. The van der Waals surface area contributed by atoms with Crippen LogP contribution in [-0.4, -0.2) is 80.9 Å². The number of fused-ring (bicyclic) bond motifs is 1. The Balaban J connectivity index is 1.27. The number of ether oxygens (including phenoxy) is 3. The number of rotatable bonds is 13. The van der Waals surface area contributed by atoms with Crippen molar-refractivity contribution in [2.45, 2.75) is 9.79 Å². The van der Waals surface area contributed by atoms with Gasteiger partial charge in [0.25, 0.3) is 5.91 Å². The van der Waals surface area contributed by atoms with Gasteiger partial charge in [-0.05, 0) is 54.3 Å². The fourth-order valence-electron chi connectivity index (χ4n) is 3.70. The summed E-state index contributed by atoms with van der Waals surface area (Å²) < 4.78 is 15.6. The number of hydrogen-bond acceptors (Lipinski definition) is 8. The zero-order valence-electron chi connectivity index (χ0n) is 23.4. The van der Waals surface area contributed by atoms with Gasteiger partial charge in [-0.1, -0.05) is 23.9 Å². The molecule has 2 aromatic heterocycles. The van der Waals surface area contributed by atoms with Crippen LogP contribution in [-0.2, 0) is 14.2 Å². The van der Waals surface area contributed by atoms with Crippen molar-refractivity contribution in [1.82, 2.24) is 25.8 Å². The van der Waals surface area contributed by atoms with E-state index in [2.05, 4.69) is 43.0 Å². The number of methoxy groups -OCH3 is 1. The number of carbonyl (C=O) groups excluding carboxylic acids is 2. The molecule has 0 saturated heterocycles. The van der Waals surface area contributed by atoms with Crippen LogP contribution in [0.5, 0.6) is 0 Å². The van der Waals surface area contributed by atoms with Crippen LogP contribution < -0.4 is 16.0 Å². The first-order valence-corrected chi connectivity index (χ1v) is 14.0. The van der Waals surface area contributed by atoms with Gasteiger partial charge >= 0.3 is 6.03 Å². The first kappa shape index (κ1) is 30.5. The van der Waals surface area contributed by atoms with Crippen molar-refractivity contribution in [2.24, 2.45) is 0 Å². The van der Waals surface area contributed by atoms with Gasteiger partial charge in [-0.25, -0.2) is 9.78 Å². The molecule has 0 bridgehead atoms. The van der Waals surface area contributed by atoms with Crippen molar-refractivity contribution < 1.29 is 23.8 Å². The molecule has 0 spiro atoms. The summed E-state index contributed by atoms with van der Waals surface area (Å²) in [7, 11) is 3.24. The Hall–Kier alpha value is -4.41. The van der Waals surface area contributed by atoms with E-state index in [9.17, 15) is 9.59 Å². The van der Waals surface area contributed by atoms with E-state index >= 15 is 0 Å². The van der Waals surface area contributed by atoms with Crippen LogP contribution >= 0.6 is 11.8 Å². The number of benzene rings is 2. The van der Waals surface area contributed by atoms with Gasteiger partial charge in [0.2, 0.25) is 0 Å². The average Bonchev–Trinajstić information content (AvgIpc) is 3.42. The molecule has 12 heteroatoms. The summed E-state index contributed by atoms with van der Waals surface area (Å²) in [6.07, 6.45) is 1.54. The number of anilines is 1. The van der Waals surface area contributed by atoms with Crippen LogP contribution in [0, 0.1) is 11.8 Å². The minimum Gasteiger partial charge on any atom is -0.382 e. The van der Waals surface area contributed by atoms with Crippen molar-refractivity contribution >= 4 is 40.3 Å². The van der Waals surface area contributed by atoms with Crippen molar-refractivity contribution in [3.8, 4) is 11.8 Å². The number of pyridine rings is 1. The van der Waals surface area contributed by atoms with Gasteiger partial charge in [-0.3, -0.25) is 9.89 Å². The number of urea groups is 1. The molecule has 0 aliphatic rings. The topological polar surface area (TPSA) is 139 Å². The van der Waals surface area contributed by atoms with Crippen LogP contribution in [0.4, 0.5) is 10.5 Å². The number of H-pyrrole nitrogens is 1. The van der Waals surface area contributed by atoms with Crippen molar-refractivity contribution in [3.05, 3.63) is 77.7 Å². The van der Waals surface area contributed by atoms with Crippen LogP contribution in [0.2, 0.25) is 0 Å². The molecule has 0 radical (unpaired) electrons. The van der Waals surface area contributed by atoms with E-state index in [0.29, 0.717) is 62.2 Å². The number of aromatic amines is 1. The molecular weight excluding hydrogens is 556 g/mol. The smallest absolute Gasteiger partial charge is 0.319 e. The lowest BCUT2D eigenvalue weighted by Gasteiger charge is -2.08. The quantitative estimate of drug-likeness (QED) is 0.137. The highest BCUT2D eigenvalue weighted by atomic mass is 32.2. The predicted octanol–water partition coefficient (Wildman–Crippen LogP) is 3.67. The maximum atomic E-state index is 12.2. The summed E-state index contributed by atoms with van der Waals surface area (Å²) in [5.74, 6) is 5.95. The lowest BCUT2D eigenvalue weighted by Crippen LogP contribution is -2.31. The van der Waals surface area contributed by atoms with Crippen LogP contribution in [0.25, 0.3) is 10.9 Å². The van der Waals surface area contributed by atoms with Gasteiger partial charge in [0, 0.05) is 35.9 Å². The molecule has 2 heterocycles. The molecule has 0 fully saturated rings. The number of nitrogens with one attached hydrogen (secondary N) is 4. The number of aromatic nitrogens is 3. The molecule has 4 N–H and O–H groups in total. The highest BCUT2D eigenvalue weighted by Crippen LogP contribution is 2.32. The van der Waals surface area contributed by atoms with Gasteiger partial charge in [-0.2, -0.15) is 5.10 Å². The number of nitrogens with zero attached hydrogens (tertiary/aromatic N) is 2. The first-order chi connectivity index (χ1) is 20.6. The lowest BCUT2D eigenvalue weighted by atomic mass is 10.2. The molecule has 0 aliphatic heterocycles. The molecule has 0 atom stereocenters. The van der Waals surface area contributed by atoms with Gasteiger partial charge in [0.1, 0.15) is 11.4 Å². The highest BCUT2D eigenvalue weighted by Gasteiger charge is 2.12. The summed E-state index contributed by atoms with van der Waals surface area (Å²) in [5, 5.41) is 16.4. The summed E-state index contributed by atoms with van der Waals surface area (Å²) in [6, 6.07) is 16.5. The molecule has 218 valence electrons. The van der Waals surface area contributed by atoms with E-state index in [1.165, 1.54) is 11.8 Å². The summed E-state index contributed by atoms with van der Waals surface area (Å²) in [6.45, 7) is 2.74. The summed E-state index contributed by atoms with van der Waals surface area (Å²) in [4.78, 5) is 30.4. The Morgan fingerprint density at radius 3 is 2.57 bits per heavy atom. The molecule has 0 saturated carbocycles. The first-order valence-electron chi connectivity index (χ1n) is 13.2. The third kappa shape index (κ3) is 9.05. The number of amides is 3. The minimum absolute atomic E-state index is 0.128. The average molecular weight is 589 g/mol. The highest BCUT2D eigenvalue weighted by molar-refractivity contribution is 7.99. The molecule has 4 aromatic rings. The van der Waals surface area contributed by atoms with E-state index in [-0.39, 0.29) is 11.9 Å². The molecule has 0 aliphatic carbocycles. The van der Waals surface area contributed by atoms with Crippen molar-refractivity contribution in [3.63, 3.8) is 0 Å². The minimum atomic E-state index is -0.353. The summed E-state index contributed by atoms with van der Waals surface area (Å²) >= 11 is 1.50. The van der Waals surface area contributed by atoms with E-state index in [1.807, 2.05) is 36.4 Å². The molecule has 42 heavy (non-hydrogen) atoms. The second-order valence-corrected chi connectivity index (χ2v) is 9.85. The van der Waals surface area contributed by atoms with Crippen molar-refractivity contribution in [1.29, 1.82) is 0 Å². The van der Waals surface area contributed by atoms with E-state index in [4.69, 9.17) is 14.2 Å². The molecule has 4 rings (SSSR count). The maximum Gasteiger partial charge on any atom is 0.319 e. The third-order valence-electron chi connectivity index (χ3n) is 5.79. The molecule has 2 aromatic carbocycles. The Labute approximate surface area is 248 Å².